The van der Waals surface area contributed by atoms with E-state index in [4.69, 9.17) is 17.0 Å². The van der Waals surface area contributed by atoms with Gasteiger partial charge in [0.05, 0.1) is 13.2 Å². The van der Waals surface area contributed by atoms with Gasteiger partial charge < -0.3 is 20.3 Å². The first-order valence-corrected chi connectivity index (χ1v) is 9.63. The first-order chi connectivity index (χ1) is 12.6. The summed E-state index contributed by atoms with van der Waals surface area (Å²) in [6.45, 7) is 9.96. The second-order valence-electron chi connectivity index (χ2n) is 6.91. The number of rotatable bonds is 5. The van der Waals surface area contributed by atoms with Crippen LogP contribution in [0.4, 0.5) is 5.69 Å². The van der Waals surface area contributed by atoms with Crippen molar-refractivity contribution in [3.63, 3.8) is 0 Å². The van der Waals surface area contributed by atoms with Crippen LogP contribution in [-0.2, 0) is 17.8 Å². The second kappa shape index (κ2) is 9.12. The van der Waals surface area contributed by atoms with Crippen LogP contribution >= 0.6 is 12.2 Å². The summed E-state index contributed by atoms with van der Waals surface area (Å²) in [5.41, 5.74) is 6.16. The molecule has 0 spiro atoms. The van der Waals surface area contributed by atoms with Gasteiger partial charge in [-0.3, -0.25) is 0 Å². The fourth-order valence-electron chi connectivity index (χ4n) is 3.14. The normalized spacial score (nSPS) is 14.8. The summed E-state index contributed by atoms with van der Waals surface area (Å²) in [6.07, 6.45) is 0. The summed E-state index contributed by atoms with van der Waals surface area (Å²) in [4.78, 5) is 1.60. The first-order valence-electron chi connectivity index (χ1n) is 9.22. The zero-order valence-electron chi connectivity index (χ0n) is 15.6. The standard InChI is InChI=1S/C21H27N3OS/c1-16-4-3-5-20(17(16)2)23-21(26)22-14-18-6-8-19(9-7-18)15-24-10-12-25-13-11-24/h3-9H,10-15H2,1-2H3,(H2,22,23,26)/p+1. The van der Waals surface area contributed by atoms with Gasteiger partial charge in [0.2, 0.25) is 0 Å². The van der Waals surface area contributed by atoms with Crippen molar-refractivity contribution in [2.24, 2.45) is 0 Å². The predicted octanol–water partition coefficient (Wildman–Crippen LogP) is 2.21. The van der Waals surface area contributed by atoms with Crippen molar-refractivity contribution in [3.05, 3.63) is 64.7 Å². The lowest BCUT2D eigenvalue weighted by Gasteiger charge is -2.23. The molecule has 4 nitrogen and oxygen atoms in total. The molecule has 0 aromatic heterocycles. The number of aryl methyl sites for hydroxylation is 1. The van der Waals surface area contributed by atoms with E-state index in [-0.39, 0.29) is 0 Å². The number of nitrogens with one attached hydrogen (secondary N) is 3. The summed E-state index contributed by atoms with van der Waals surface area (Å²) in [5.74, 6) is 0. The van der Waals surface area contributed by atoms with Crippen LogP contribution in [0.3, 0.4) is 0 Å². The Balaban J connectivity index is 1.48. The van der Waals surface area contributed by atoms with Gasteiger partial charge in [-0.15, -0.1) is 0 Å². The number of morpholine rings is 1. The van der Waals surface area contributed by atoms with Crippen LogP contribution in [0.15, 0.2) is 42.5 Å². The van der Waals surface area contributed by atoms with E-state index in [0.29, 0.717) is 5.11 Å². The van der Waals surface area contributed by atoms with Crippen molar-refractivity contribution < 1.29 is 9.64 Å². The molecular formula is C21H28N3OS+. The molecule has 1 aliphatic rings. The quantitative estimate of drug-likeness (QED) is 0.706. The van der Waals surface area contributed by atoms with Crippen LogP contribution in [0.2, 0.25) is 0 Å². The van der Waals surface area contributed by atoms with E-state index in [2.05, 4.69) is 60.9 Å². The topological polar surface area (TPSA) is 37.7 Å². The summed E-state index contributed by atoms with van der Waals surface area (Å²) in [5, 5.41) is 7.24. The van der Waals surface area contributed by atoms with Crippen molar-refractivity contribution in [2.45, 2.75) is 26.9 Å². The van der Waals surface area contributed by atoms with E-state index in [1.165, 1.54) is 22.3 Å². The third-order valence-corrected chi connectivity index (χ3v) is 5.23. The number of thiocarbonyl (C=S) groups is 1. The second-order valence-corrected chi connectivity index (χ2v) is 7.32. The van der Waals surface area contributed by atoms with Crippen molar-refractivity contribution in [2.75, 3.05) is 31.6 Å². The Morgan fingerprint density at radius 3 is 2.46 bits per heavy atom. The molecule has 138 valence electrons. The molecule has 3 rings (SSSR count). The average molecular weight is 371 g/mol. The molecule has 26 heavy (non-hydrogen) atoms. The molecule has 2 aromatic rings. The Bertz CT molecular complexity index is 739. The van der Waals surface area contributed by atoms with E-state index in [9.17, 15) is 0 Å². The van der Waals surface area contributed by atoms with Crippen LogP contribution in [0.5, 0.6) is 0 Å². The van der Waals surface area contributed by atoms with E-state index in [1.54, 1.807) is 4.90 Å². The Morgan fingerprint density at radius 2 is 1.73 bits per heavy atom. The number of ether oxygens (including phenoxy) is 1. The Morgan fingerprint density at radius 1 is 1.04 bits per heavy atom. The van der Waals surface area contributed by atoms with Crippen molar-refractivity contribution in [3.8, 4) is 0 Å². The Labute approximate surface area is 161 Å². The molecule has 5 heteroatoms. The third kappa shape index (κ3) is 5.27. The van der Waals surface area contributed by atoms with Crippen LogP contribution in [-0.4, -0.2) is 31.4 Å². The minimum atomic E-state index is 0.653. The maximum Gasteiger partial charge on any atom is 0.171 e. The van der Waals surface area contributed by atoms with Crippen molar-refractivity contribution >= 4 is 23.0 Å². The molecule has 3 N–H and O–H groups in total. The average Bonchev–Trinajstić information content (AvgIpc) is 2.66. The van der Waals surface area contributed by atoms with Gasteiger partial charge >= 0.3 is 0 Å². The van der Waals surface area contributed by atoms with E-state index in [1.807, 2.05) is 6.07 Å². The number of hydrogen-bond donors (Lipinski definition) is 3. The lowest BCUT2D eigenvalue weighted by molar-refractivity contribution is -0.921. The lowest BCUT2D eigenvalue weighted by Crippen LogP contribution is -3.12. The van der Waals surface area contributed by atoms with Crippen LogP contribution in [0.1, 0.15) is 22.3 Å². The molecule has 1 aliphatic heterocycles. The summed E-state index contributed by atoms with van der Waals surface area (Å²) >= 11 is 5.43. The smallest absolute Gasteiger partial charge is 0.171 e. The minimum Gasteiger partial charge on any atom is -0.370 e. The first kappa shape index (κ1) is 18.8. The molecule has 0 aliphatic carbocycles. The van der Waals surface area contributed by atoms with E-state index >= 15 is 0 Å². The summed E-state index contributed by atoms with van der Waals surface area (Å²) in [6, 6.07) is 15.0. The number of anilines is 1. The maximum absolute atomic E-state index is 5.43. The molecule has 1 fully saturated rings. The Hall–Kier alpha value is -1.95. The van der Waals surface area contributed by atoms with Gasteiger partial charge in [0.15, 0.2) is 5.11 Å². The zero-order chi connectivity index (χ0) is 18.4. The number of benzene rings is 2. The SMILES string of the molecule is Cc1cccc(NC(=S)NCc2ccc(C[NH+]3CCOCC3)cc2)c1C. The fraction of sp³-hybridized carbons (Fsp3) is 0.381. The highest BCUT2D eigenvalue weighted by atomic mass is 32.1. The molecular weight excluding hydrogens is 342 g/mol. The molecule has 0 bridgehead atoms. The highest BCUT2D eigenvalue weighted by Gasteiger charge is 2.13. The molecule has 0 unspecified atom stereocenters. The van der Waals surface area contributed by atoms with Gasteiger partial charge in [0.25, 0.3) is 0 Å². The van der Waals surface area contributed by atoms with Crippen molar-refractivity contribution in [1.29, 1.82) is 0 Å². The fourth-order valence-corrected chi connectivity index (χ4v) is 3.32. The lowest BCUT2D eigenvalue weighted by atomic mass is 10.1. The van der Waals surface area contributed by atoms with Crippen LogP contribution < -0.4 is 15.5 Å². The highest BCUT2D eigenvalue weighted by molar-refractivity contribution is 7.80. The van der Waals surface area contributed by atoms with Crippen LogP contribution in [0.25, 0.3) is 0 Å². The van der Waals surface area contributed by atoms with Gasteiger partial charge in [0.1, 0.15) is 19.6 Å². The van der Waals surface area contributed by atoms with Crippen LogP contribution in [0, 0.1) is 13.8 Å². The summed E-state index contributed by atoms with van der Waals surface area (Å²) in [7, 11) is 0. The monoisotopic (exact) mass is 370 g/mol. The van der Waals surface area contributed by atoms with Gasteiger partial charge in [-0.1, -0.05) is 36.4 Å². The molecule has 2 aromatic carbocycles. The molecule has 0 amide bonds. The predicted molar refractivity (Wildman–Crippen MR) is 111 cm³/mol. The molecule has 1 heterocycles. The number of quaternary nitrogens is 1. The molecule has 0 saturated carbocycles. The van der Waals surface area contributed by atoms with Gasteiger partial charge in [0, 0.05) is 17.8 Å². The van der Waals surface area contributed by atoms with Gasteiger partial charge in [-0.2, -0.15) is 0 Å². The zero-order valence-corrected chi connectivity index (χ0v) is 16.4. The minimum absolute atomic E-state index is 0.653. The molecule has 1 saturated heterocycles. The molecule has 0 radical (unpaired) electrons. The van der Waals surface area contributed by atoms with E-state index < -0.39 is 0 Å². The van der Waals surface area contributed by atoms with E-state index in [0.717, 1.165) is 45.1 Å². The molecule has 0 atom stereocenters. The van der Waals surface area contributed by atoms with Crippen molar-refractivity contribution in [1.82, 2.24) is 5.32 Å². The van der Waals surface area contributed by atoms with Gasteiger partial charge in [-0.25, -0.2) is 0 Å². The van der Waals surface area contributed by atoms with Gasteiger partial charge in [-0.05, 0) is 48.8 Å². The Kier molecular flexibility index (Phi) is 6.61. The summed E-state index contributed by atoms with van der Waals surface area (Å²) < 4.78 is 5.42. The highest BCUT2D eigenvalue weighted by Crippen LogP contribution is 2.17. The third-order valence-electron chi connectivity index (χ3n) is 4.98. The largest absolute Gasteiger partial charge is 0.370 e. The maximum atomic E-state index is 5.43. The number of hydrogen-bond acceptors (Lipinski definition) is 2.